The van der Waals surface area contributed by atoms with Crippen LogP contribution in [0, 0.1) is 0 Å². The molecule has 2 aromatic heterocycles. The zero-order chi connectivity index (χ0) is 27.6. The van der Waals surface area contributed by atoms with Crippen molar-refractivity contribution in [3.05, 3.63) is 100 Å². The van der Waals surface area contributed by atoms with Gasteiger partial charge >= 0.3 is 0 Å². The highest BCUT2D eigenvalue weighted by Crippen LogP contribution is 2.31. The summed E-state index contributed by atoms with van der Waals surface area (Å²) in [5.74, 6) is 1.16. The molecule has 0 amide bonds. The van der Waals surface area contributed by atoms with E-state index in [9.17, 15) is 4.79 Å². The molecule has 0 saturated carbocycles. The van der Waals surface area contributed by atoms with Crippen LogP contribution in [-0.2, 0) is 17.8 Å². The number of hydrogen-bond acceptors (Lipinski definition) is 7. The average Bonchev–Trinajstić information content (AvgIpc) is 3.57. The highest BCUT2D eigenvalue weighted by atomic mass is 35.5. The Hall–Kier alpha value is -4.15. The number of halogens is 1. The molecule has 1 saturated heterocycles. The number of carbonyl (C=O) groups is 1. The summed E-state index contributed by atoms with van der Waals surface area (Å²) in [7, 11) is 0. The number of nitrogens with zero attached hydrogens (tertiary/aromatic N) is 3. The fraction of sp³-hybridized carbons (Fsp3) is 0.200. The Kier molecular flexibility index (Phi) is 7.27. The van der Waals surface area contributed by atoms with Crippen molar-refractivity contribution in [1.29, 1.82) is 0 Å². The predicted molar refractivity (Wildman–Crippen MR) is 155 cm³/mol. The molecule has 0 atom stereocenters. The molecule has 10 heteroatoms. The van der Waals surface area contributed by atoms with Crippen molar-refractivity contribution in [2.45, 2.75) is 13.1 Å². The lowest BCUT2D eigenvalue weighted by Gasteiger charge is -2.26. The van der Waals surface area contributed by atoms with Gasteiger partial charge in [-0.05, 0) is 47.5 Å². The molecule has 1 aliphatic heterocycles. The van der Waals surface area contributed by atoms with Gasteiger partial charge in [0.15, 0.2) is 0 Å². The second kappa shape index (κ2) is 11.1. The fourth-order valence-corrected chi connectivity index (χ4v) is 5.13. The molecule has 1 aliphatic rings. The lowest BCUT2D eigenvalue weighted by Crippen LogP contribution is -2.35. The number of benzene rings is 3. The SMILES string of the molecule is NCc1cccc(Oc2ccc(-n3ncc(C(=O)c4cc5ccc(CN6CCOCC6)cc5[nH]4)c3N)c(Cl)c2)c1. The minimum Gasteiger partial charge on any atom is -0.457 e. The van der Waals surface area contributed by atoms with E-state index in [0.717, 1.165) is 49.3 Å². The number of anilines is 1. The molecule has 5 aromatic rings. The summed E-state index contributed by atoms with van der Waals surface area (Å²) >= 11 is 6.59. The topological polar surface area (TPSA) is 124 Å². The maximum absolute atomic E-state index is 13.4. The number of hydrogen-bond donors (Lipinski definition) is 3. The third-order valence-electron chi connectivity index (χ3n) is 7.01. The molecule has 3 aromatic carbocycles. The number of H-pyrrole nitrogens is 1. The minimum atomic E-state index is -0.245. The lowest BCUT2D eigenvalue weighted by molar-refractivity contribution is 0.0342. The van der Waals surface area contributed by atoms with E-state index < -0.39 is 0 Å². The van der Waals surface area contributed by atoms with Crippen LogP contribution >= 0.6 is 11.6 Å². The second-order valence-corrected chi connectivity index (χ2v) is 10.2. The highest BCUT2D eigenvalue weighted by Gasteiger charge is 2.21. The van der Waals surface area contributed by atoms with Gasteiger partial charge in [0.1, 0.15) is 17.3 Å². The summed E-state index contributed by atoms with van der Waals surface area (Å²) in [6.45, 7) is 4.60. The van der Waals surface area contributed by atoms with Gasteiger partial charge in [-0.3, -0.25) is 9.69 Å². The zero-order valence-corrected chi connectivity index (χ0v) is 22.5. The first-order valence-corrected chi connectivity index (χ1v) is 13.4. The van der Waals surface area contributed by atoms with Crippen molar-refractivity contribution in [2.75, 3.05) is 32.0 Å². The van der Waals surface area contributed by atoms with Crippen LogP contribution in [0.5, 0.6) is 11.5 Å². The van der Waals surface area contributed by atoms with Gasteiger partial charge < -0.3 is 25.9 Å². The number of carbonyl (C=O) groups excluding carboxylic acids is 1. The first kappa shape index (κ1) is 26.1. The van der Waals surface area contributed by atoms with Crippen LogP contribution in [0.25, 0.3) is 16.6 Å². The maximum Gasteiger partial charge on any atom is 0.214 e. The van der Waals surface area contributed by atoms with Crippen LogP contribution in [0.4, 0.5) is 5.82 Å². The molecular formula is C30H29ClN6O3. The number of nitrogens with one attached hydrogen (secondary N) is 1. The summed E-state index contributed by atoms with van der Waals surface area (Å²) < 4.78 is 12.8. The standard InChI is InChI=1S/C30H29ClN6O3/c31-25-15-23(40-22-3-1-2-19(12-22)16-32)6-7-28(25)37-30(33)24(17-34-37)29(38)27-14-21-5-4-20(13-26(21)35-27)18-36-8-10-39-11-9-36/h1-7,12-15,17,35H,8-11,16,18,32-33H2. The van der Waals surface area contributed by atoms with E-state index in [4.69, 9.17) is 32.5 Å². The van der Waals surface area contributed by atoms with Gasteiger partial charge in [-0.25, -0.2) is 4.68 Å². The van der Waals surface area contributed by atoms with Crippen LogP contribution in [0.15, 0.2) is 72.9 Å². The lowest BCUT2D eigenvalue weighted by atomic mass is 10.1. The predicted octanol–water partition coefficient (Wildman–Crippen LogP) is 4.90. The van der Waals surface area contributed by atoms with Crippen molar-refractivity contribution in [3.8, 4) is 17.2 Å². The van der Waals surface area contributed by atoms with Crippen molar-refractivity contribution in [3.63, 3.8) is 0 Å². The van der Waals surface area contributed by atoms with E-state index in [0.29, 0.717) is 34.4 Å². The molecule has 9 nitrogen and oxygen atoms in total. The molecule has 0 aliphatic carbocycles. The number of aromatic amines is 1. The molecule has 0 radical (unpaired) electrons. The number of ether oxygens (including phenoxy) is 2. The van der Waals surface area contributed by atoms with Gasteiger partial charge in [0.2, 0.25) is 5.78 Å². The molecule has 204 valence electrons. The van der Waals surface area contributed by atoms with Gasteiger partial charge in [-0.15, -0.1) is 0 Å². The van der Waals surface area contributed by atoms with Crippen molar-refractivity contribution in [1.82, 2.24) is 19.7 Å². The van der Waals surface area contributed by atoms with Crippen LogP contribution in [0.3, 0.4) is 0 Å². The van der Waals surface area contributed by atoms with Crippen LogP contribution in [-0.4, -0.2) is 51.8 Å². The molecule has 5 N–H and O–H groups in total. The number of ketones is 1. The quantitative estimate of drug-likeness (QED) is 0.232. The van der Waals surface area contributed by atoms with Crippen molar-refractivity contribution in [2.24, 2.45) is 5.73 Å². The van der Waals surface area contributed by atoms with Gasteiger partial charge in [0.05, 0.1) is 41.4 Å². The van der Waals surface area contributed by atoms with E-state index in [-0.39, 0.29) is 17.2 Å². The first-order chi connectivity index (χ1) is 19.5. The van der Waals surface area contributed by atoms with Gasteiger partial charge in [-0.2, -0.15) is 5.10 Å². The molecule has 0 unspecified atom stereocenters. The zero-order valence-electron chi connectivity index (χ0n) is 21.8. The van der Waals surface area contributed by atoms with E-state index in [1.54, 1.807) is 18.2 Å². The van der Waals surface area contributed by atoms with Crippen LogP contribution in [0.2, 0.25) is 5.02 Å². The number of morpholine rings is 1. The molecule has 3 heterocycles. The number of rotatable bonds is 8. The van der Waals surface area contributed by atoms with Gasteiger partial charge in [0, 0.05) is 43.1 Å². The average molecular weight is 557 g/mol. The van der Waals surface area contributed by atoms with E-state index >= 15 is 0 Å². The normalized spacial score (nSPS) is 14.1. The Balaban J connectivity index is 1.21. The summed E-state index contributed by atoms with van der Waals surface area (Å²) in [6.07, 6.45) is 1.46. The Morgan fingerprint density at radius 1 is 1.02 bits per heavy atom. The Bertz CT molecular complexity index is 1690. The van der Waals surface area contributed by atoms with E-state index in [1.165, 1.54) is 16.4 Å². The number of fused-ring (bicyclic) bond motifs is 1. The van der Waals surface area contributed by atoms with Crippen LogP contribution in [0.1, 0.15) is 27.2 Å². The summed E-state index contributed by atoms with van der Waals surface area (Å²) in [6, 6.07) is 20.8. The molecule has 0 spiro atoms. The number of aromatic nitrogens is 3. The van der Waals surface area contributed by atoms with Crippen molar-refractivity contribution >= 4 is 34.1 Å². The Labute approximate surface area is 236 Å². The first-order valence-electron chi connectivity index (χ1n) is 13.1. The smallest absolute Gasteiger partial charge is 0.214 e. The number of nitrogens with two attached hydrogens (primary N) is 2. The minimum absolute atomic E-state index is 0.197. The number of nitrogen functional groups attached to an aromatic ring is 1. The van der Waals surface area contributed by atoms with Crippen molar-refractivity contribution < 1.29 is 14.3 Å². The molecule has 0 bridgehead atoms. The summed E-state index contributed by atoms with van der Waals surface area (Å²) in [4.78, 5) is 19.1. The van der Waals surface area contributed by atoms with Gasteiger partial charge in [0.25, 0.3) is 0 Å². The fourth-order valence-electron chi connectivity index (χ4n) is 4.88. The molecule has 1 fully saturated rings. The van der Waals surface area contributed by atoms with E-state index in [2.05, 4.69) is 27.1 Å². The second-order valence-electron chi connectivity index (χ2n) is 9.74. The summed E-state index contributed by atoms with van der Waals surface area (Å²) in [5.41, 5.74) is 16.4. The Morgan fingerprint density at radius 2 is 1.85 bits per heavy atom. The van der Waals surface area contributed by atoms with Gasteiger partial charge in [-0.1, -0.05) is 35.9 Å². The molecular weight excluding hydrogens is 528 g/mol. The maximum atomic E-state index is 13.4. The third kappa shape index (κ3) is 5.32. The molecule has 6 rings (SSSR count). The third-order valence-corrected chi connectivity index (χ3v) is 7.31. The van der Waals surface area contributed by atoms with Crippen LogP contribution < -0.4 is 16.2 Å². The largest absolute Gasteiger partial charge is 0.457 e. The molecule has 40 heavy (non-hydrogen) atoms. The highest BCUT2D eigenvalue weighted by molar-refractivity contribution is 6.32. The summed E-state index contributed by atoms with van der Waals surface area (Å²) in [5, 5.41) is 5.69. The Morgan fingerprint density at radius 3 is 2.65 bits per heavy atom. The van der Waals surface area contributed by atoms with E-state index in [1.807, 2.05) is 36.4 Å². The monoisotopic (exact) mass is 556 g/mol.